The predicted octanol–water partition coefficient (Wildman–Crippen LogP) is 5.75. The van der Waals surface area contributed by atoms with Gasteiger partial charge in [-0.15, -0.1) is 0 Å². The molecule has 4 heteroatoms. The third-order valence-corrected chi connectivity index (χ3v) is 5.01. The molecule has 1 aliphatic carbocycles. The van der Waals surface area contributed by atoms with Crippen LogP contribution < -0.4 is 0 Å². The van der Waals surface area contributed by atoms with Crippen molar-refractivity contribution in [2.75, 3.05) is 0 Å². The highest BCUT2D eigenvalue weighted by Crippen LogP contribution is 2.42. The molecule has 1 atom stereocenters. The van der Waals surface area contributed by atoms with E-state index >= 15 is 0 Å². The Labute approximate surface area is 154 Å². The average molecular weight is 410 g/mol. The maximum atomic E-state index is 11.6. The summed E-state index contributed by atoms with van der Waals surface area (Å²) in [5, 5.41) is 11.6. The van der Waals surface area contributed by atoms with Gasteiger partial charge in [0.1, 0.15) is 9.93 Å². The number of aliphatic hydroxyl groups is 1. The molecule has 0 unspecified atom stereocenters. The van der Waals surface area contributed by atoms with Crippen LogP contribution in [0, 0.1) is 0 Å². The van der Waals surface area contributed by atoms with E-state index in [0.29, 0.717) is 6.42 Å². The van der Waals surface area contributed by atoms with Gasteiger partial charge in [0.2, 0.25) is 0 Å². The van der Waals surface area contributed by atoms with Gasteiger partial charge in [0.15, 0.2) is 0 Å². The van der Waals surface area contributed by atoms with Gasteiger partial charge in [-0.1, -0.05) is 93.7 Å². The van der Waals surface area contributed by atoms with E-state index in [1.807, 2.05) is 60.7 Å². The van der Waals surface area contributed by atoms with E-state index in [4.69, 9.17) is 23.2 Å². The summed E-state index contributed by atoms with van der Waals surface area (Å²) >= 11 is 15.8. The minimum absolute atomic E-state index is 0.449. The van der Waals surface area contributed by atoms with Crippen molar-refractivity contribution in [3.8, 4) is 0 Å². The maximum Gasteiger partial charge on any atom is 0.140 e. The lowest BCUT2D eigenvalue weighted by Crippen LogP contribution is -2.31. The largest absolute Gasteiger partial charge is 0.376 e. The van der Waals surface area contributed by atoms with E-state index in [1.54, 1.807) is 12.2 Å². The zero-order chi connectivity index (χ0) is 16.5. The first-order chi connectivity index (χ1) is 10.9. The number of hydrogen-bond donors (Lipinski definition) is 1. The smallest absolute Gasteiger partial charge is 0.140 e. The van der Waals surface area contributed by atoms with Crippen LogP contribution in [0.25, 0.3) is 0 Å². The SMILES string of the molecule is O[C@@](C1=CCC(Cl)(Cl)C=C1)(c1ccccc1)c1cccc(Br)c1. The lowest BCUT2D eigenvalue weighted by molar-refractivity contribution is 0.124. The van der Waals surface area contributed by atoms with E-state index < -0.39 is 9.93 Å². The summed E-state index contributed by atoms with van der Waals surface area (Å²) in [4.78, 5) is 0. The first-order valence-corrected chi connectivity index (χ1v) is 8.78. The number of allylic oxidation sites excluding steroid dienone is 2. The van der Waals surface area contributed by atoms with Crippen LogP contribution in [0.4, 0.5) is 0 Å². The highest BCUT2D eigenvalue weighted by Gasteiger charge is 2.37. The van der Waals surface area contributed by atoms with Crippen LogP contribution in [-0.2, 0) is 5.60 Å². The van der Waals surface area contributed by atoms with Gasteiger partial charge in [0.25, 0.3) is 0 Å². The van der Waals surface area contributed by atoms with E-state index in [2.05, 4.69) is 15.9 Å². The van der Waals surface area contributed by atoms with Crippen molar-refractivity contribution in [3.63, 3.8) is 0 Å². The molecule has 1 nitrogen and oxygen atoms in total. The Kier molecular flexibility index (Phi) is 4.70. The monoisotopic (exact) mass is 408 g/mol. The van der Waals surface area contributed by atoms with Crippen molar-refractivity contribution in [2.45, 2.75) is 16.4 Å². The Balaban J connectivity index is 2.16. The van der Waals surface area contributed by atoms with Gasteiger partial charge < -0.3 is 5.11 Å². The second kappa shape index (κ2) is 6.45. The minimum atomic E-state index is -1.26. The summed E-state index contributed by atoms with van der Waals surface area (Å²) in [5.74, 6) is 0. The van der Waals surface area contributed by atoms with E-state index in [9.17, 15) is 5.11 Å². The van der Waals surface area contributed by atoms with Gasteiger partial charge in [0, 0.05) is 10.9 Å². The molecule has 0 spiro atoms. The highest BCUT2D eigenvalue weighted by atomic mass is 79.9. The summed E-state index contributed by atoms with van der Waals surface area (Å²) in [6.45, 7) is 0. The topological polar surface area (TPSA) is 20.2 Å². The molecule has 23 heavy (non-hydrogen) atoms. The molecule has 0 aliphatic heterocycles. The molecule has 0 amide bonds. The summed E-state index contributed by atoms with van der Waals surface area (Å²) in [5.41, 5.74) is 1.08. The van der Waals surface area contributed by atoms with Crippen molar-refractivity contribution >= 4 is 39.1 Å². The zero-order valence-corrected chi connectivity index (χ0v) is 15.3. The first-order valence-electron chi connectivity index (χ1n) is 7.23. The third kappa shape index (κ3) is 3.41. The fourth-order valence-electron chi connectivity index (χ4n) is 2.76. The molecule has 0 saturated carbocycles. The quantitative estimate of drug-likeness (QED) is 0.640. The summed E-state index contributed by atoms with van der Waals surface area (Å²) < 4.78 is -0.00738. The van der Waals surface area contributed by atoms with Crippen molar-refractivity contribution in [3.05, 3.63) is 94.0 Å². The molecule has 0 bridgehead atoms. The Bertz CT molecular complexity index is 768. The zero-order valence-electron chi connectivity index (χ0n) is 12.2. The Hall–Kier alpha value is -1.06. The van der Waals surface area contributed by atoms with Crippen LogP contribution in [0.1, 0.15) is 17.5 Å². The minimum Gasteiger partial charge on any atom is -0.376 e. The van der Waals surface area contributed by atoms with Crippen LogP contribution in [0.2, 0.25) is 0 Å². The molecule has 0 radical (unpaired) electrons. The fourth-order valence-corrected chi connectivity index (χ4v) is 3.43. The molecular formula is C19H15BrCl2O. The summed E-state index contributed by atoms with van der Waals surface area (Å²) in [6.07, 6.45) is 5.87. The average Bonchev–Trinajstić information content (AvgIpc) is 2.55. The van der Waals surface area contributed by atoms with Crippen LogP contribution >= 0.6 is 39.1 Å². The number of hydrogen-bond acceptors (Lipinski definition) is 1. The Morgan fingerprint density at radius 3 is 2.30 bits per heavy atom. The van der Waals surface area contributed by atoms with Crippen LogP contribution in [0.15, 0.2) is 82.9 Å². The van der Waals surface area contributed by atoms with Gasteiger partial charge in [-0.05, 0) is 34.9 Å². The van der Waals surface area contributed by atoms with Gasteiger partial charge in [-0.2, -0.15) is 0 Å². The molecule has 3 rings (SSSR count). The van der Waals surface area contributed by atoms with Crippen LogP contribution in [-0.4, -0.2) is 9.44 Å². The van der Waals surface area contributed by atoms with E-state index in [-0.39, 0.29) is 0 Å². The molecule has 0 aromatic heterocycles. The summed E-state index contributed by atoms with van der Waals surface area (Å²) in [6, 6.07) is 17.3. The molecule has 2 aromatic carbocycles. The summed E-state index contributed by atoms with van der Waals surface area (Å²) in [7, 11) is 0. The second-order valence-corrected chi connectivity index (χ2v) is 8.00. The number of alkyl halides is 2. The molecule has 0 heterocycles. The van der Waals surface area contributed by atoms with Crippen molar-refractivity contribution in [2.24, 2.45) is 0 Å². The second-order valence-electron chi connectivity index (χ2n) is 5.54. The first kappa shape index (κ1) is 16.8. The molecule has 118 valence electrons. The lowest BCUT2D eigenvalue weighted by atomic mass is 9.78. The molecule has 1 N–H and O–H groups in total. The van der Waals surface area contributed by atoms with Crippen molar-refractivity contribution in [1.82, 2.24) is 0 Å². The fraction of sp³-hybridized carbons (Fsp3) is 0.158. The van der Waals surface area contributed by atoms with Gasteiger partial charge in [-0.3, -0.25) is 0 Å². The molecule has 0 fully saturated rings. The number of benzene rings is 2. The van der Waals surface area contributed by atoms with Gasteiger partial charge in [-0.25, -0.2) is 0 Å². The van der Waals surface area contributed by atoms with E-state index in [0.717, 1.165) is 21.2 Å². The standard InChI is InChI=1S/C19H15BrCl2O/c20-17-8-4-7-16(13-17)19(23,14-5-2-1-3-6-14)15-9-11-18(21,22)12-10-15/h1-11,13,23H,12H2/t19-/m1/s1. The Morgan fingerprint density at radius 1 is 1.00 bits per heavy atom. The predicted molar refractivity (Wildman–Crippen MR) is 99.9 cm³/mol. The third-order valence-electron chi connectivity index (χ3n) is 3.95. The molecular weight excluding hydrogens is 395 g/mol. The molecule has 1 aliphatic rings. The van der Waals surface area contributed by atoms with Gasteiger partial charge in [0.05, 0.1) is 0 Å². The highest BCUT2D eigenvalue weighted by molar-refractivity contribution is 9.10. The van der Waals surface area contributed by atoms with Gasteiger partial charge >= 0.3 is 0 Å². The van der Waals surface area contributed by atoms with Crippen LogP contribution in [0.3, 0.4) is 0 Å². The molecule has 2 aromatic rings. The van der Waals surface area contributed by atoms with Crippen molar-refractivity contribution in [1.29, 1.82) is 0 Å². The molecule has 0 saturated heterocycles. The maximum absolute atomic E-state index is 11.6. The number of halogens is 3. The van der Waals surface area contributed by atoms with Crippen LogP contribution in [0.5, 0.6) is 0 Å². The normalized spacial score (nSPS) is 19.0. The Morgan fingerprint density at radius 2 is 1.70 bits per heavy atom. The lowest BCUT2D eigenvalue weighted by Gasteiger charge is -2.33. The van der Waals surface area contributed by atoms with E-state index in [1.165, 1.54) is 0 Å². The van der Waals surface area contributed by atoms with Crippen molar-refractivity contribution < 1.29 is 5.11 Å². The number of rotatable bonds is 3.